The number of aromatic nitrogens is 1. The highest BCUT2D eigenvalue weighted by molar-refractivity contribution is 5.94. The lowest BCUT2D eigenvalue weighted by atomic mass is 9.74. The van der Waals surface area contributed by atoms with Gasteiger partial charge in [0.05, 0.1) is 12.3 Å². The van der Waals surface area contributed by atoms with E-state index in [1.807, 2.05) is 10.8 Å². The van der Waals surface area contributed by atoms with Gasteiger partial charge in [-0.1, -0.05) is 19.3 Å². The summed E-state index contributed by atoms with van der Waals surface area (Å²) >= 11 is 0. The first-order valence-corrected chi connectivity index (χ1v) is 8.00. The Morgan fingerprint density at radius 1 is 1.38 bits per heavy atom. The Bertz CT molecular complexity index is 514. The lowest BCUT2D eigenvalue weighted by Crippen LogP contribution is -2.41. The molecule has 0 radical (unpaired) electrons. The average molecular weight is 291 g/mol. The Hall–Kier alpha value is -1.49. The van der Waals surface area contributed by atoms with Crippen LogP contribution in [0, 0.1) is 5.41 Å². The third-order valence-electron chi connectivity index (χ3n) is 4.92. The molecule has 2 fully saturated rings. The van der Waals surface area contributed by atoms with E-state index in [2.05, 4.69) is 5.32 Å². The molecule has 5 heteroatoms. The van der Waals surface area contributed by atoms with Crippen molar-refractivity contribution < 1.29 is 9.90 Å². The van der Waals surface area contributed by atoms with E-state index in [0.29, 0.717) is 24.0 Å². The van der Waals surface area contributed by atoms with Crippen molar-refractivity contribution in [3.8, 4) is 0 Å². The number of hydrogen-bond donors (Lipinski definition) is 3. The van der Waals surface area contributed by atoms with Crippen molar-refractivity contribution >= 4 is 11.6 Å². The maximum atomic E-state index is 12.4. The third kappa shape index (κ3) is 3.07. The zero-order chi connectivity index (χ0) is 14.9. The molecule has 1 amide bonds. The lowest BCUT2D eigenvalue weighted by molar-refractivity contribution is 0.0713. The summed E-state index contributed by atoms with van der Waals surface area (Å²) in [7, 11) is 0. The number of nitrogens with two attached hydrogens (primary N) is 1. The highest BCUT2D eigenvalue weighted by Crippen LogP contribution is 2.37. The van der Waals surface area contributed by atoms with Crippen LogP contribution in [0.15, 0.2) is 12.3 Å². The van der Waals surface area contributed by atoms with Crippen LogP contribution in [0.5, 0.6) is 0 Å². The fourth-order valence-electron chi connectivity index (χ4n) is 3.39. The molecule has 0 saturated heterocycles. The van der Waals surface area contributed by atoms with E-state index in [9.17, 15) is 9.90 Å². The van der Waals surface area contributed by atoms with Gasteiger partial charge in [-0.3, -0.25) is 4.79 Å². The van der Waals surface area contributed by atoms with Crippen molar-refractivity contribution in [3.05, 3.63) is 18.0 Å². The lowest BCUT2D eigenvalue weighted by Gasteiger charge is -2.35. The predicted octanol–water partition coefficient (Wildman–Crippen LogP) is 2.08. The van der Waals surface area contributed by atoms with Crippen molar-refractivity contribution in [1.29, 1.82) is 0 Å². The summed E-state index contributed by atoms with van der Waals surface area (Å²) in [5.74, 6) is -0.0722. The van der Waals surface area contributed by atoms with Gasteiger partial charge in [0, 0.05) is 24.2 Å². The quantitative estimate of drug-likeness (QED) is 0.777. The van der Waals surface area contributed by atoms with Crippen LogP contribution >= 0.6 is 0 Å². The molecule has 2 saturated carbocycles. The minimum Gasteiger partial charge on any atom is -0.397 e. The van der Waals surface area contributed by atoms with Gasteiger partial charge in [0.15, 0.2) is 0 Å². The van der Waals surface area contributed by atoms with Crippen molar-refractivity contribution in [2.45, 2.75) is 51.0 Å². The van der Waals surface area contributed by atoms with Crippen molar-refractivity contribution in [2.75, 3.05) is 18.9 Å². The summed E-state index contributed by atoms with van der Waals surface area (Å²) < 4.78 is 2.00. The largest absolute Gasteiger partial charge is 0.397 e. The first kappa shape index (κ1) is 14.4. The van der Waals surface area contributed by atoms with E-state index >= 15 is 0 Å². The molecule has 0 bridgehead atoms. The summed E-state index contributed by atoms with van der Waals surface area (Å²) in [4.78, 5) is 12.4. The van der Waals surface area contributed by atoms with E-state index in [-0.39, 0.29) is 17.9 Å². The number of hydrogen-bond acceptors (Lipinski definition) is 3. The smallest absolute Gasteiger partial charge is 0.268 e. The van der Waals surface area contributed by atoms with Crippen LogP contribution in [0.3, 0.4) is 0 Å². The highest BCUT2D eigenvalue weighted by atomic mass is 16.3. The van der Waals surface area contributed by atoms with Crippen molar-refractivity contribution in [1.82, 2.24) is 9.88 Å². The number of aliphatic hydroxyl groups excluding tert-OH is 1. The van der Waals surface area contributed by atoms with E-state index in [0.717, 1.165) is 38.5 Å². The van der Waals surface area contributed by atoms with E-state index in [4.69, 9.17) is 5.73 Å². The van der Waals surface area contributed by atoms with E-state index in [1.54, 1.807) is 6.07 Å². The molecule has 4 N–H and O–H groups in total. The van der Waals surface area contributed by atoms with Gasteiger partial charge in [0.2, 0.25) is 0 Å². The number of nitrogen functional groups attached to an aromatic ring is 1. The molecule has 0 unspecified atom stereocenters. The highest BCUT2D eigenvalue weighted by Gasteiger charge is 2.33. The Morgan fingerprint density at radius 3 is 2.71 bits per heavy atom. The first-order valence-electron chi connectivity index (χ1n) is 8.00. The first-order chi connectivity index (χ1) is 10.1. The fraction of sp³-hybridized carbons (Fsp3) is 0.688. The molecule has 2 aliphatic rings. The number of carbonyl (C=O) groups is 1. The molecule has 21 heavy (non-hydrogen) atoms. The molecule has 2 aliphatic carbocycles. The van der Waals surface area contributed by atoms with E-state index in [1.165, 1.54) is 6.42 Å². The summed E-state index contributed by atoms with van der Waals surface area (Å²) in [6, 6.07) is 2.18. The number of nitrogens with one attached hydrogen (secondary N) is 1. The standard InChI is InChI=1S/C16H25N3O2/c17-12-8-14(19(9-12)13-4-5-13)15(21)18-10-16(11-20)6-2-1-3-7-16/h8-9,13,20H,1-7,10-11,17H2,(H,18,21). The van der Waals surface area contributed by atoms with Gasteiger partial charge in [0.1, 0.15) is 5.69 Å². The van der Waals surface area contributed by atoms with Crippen LogP contribution in [-0.2, 0) is 0 Å². The number of amides is 1. The zero-order valence-electron chi connectivity index (χ0n) is 12.5. The summed E-state index contributed by atoms with van der Waals surface area (Å²) in [6.45, 7) is 0.705. The molecule has 0 aliphatic heterocycles. The molecule has 1 aromatic heterocycles. The van der Waals surface area contributed by atoms with Crippen LogP contribution in [0.4, 0.5) is 5.69 Å². The molecule has 5 nitrogen and oxygen atoms in total. The second-order valence-electron chi connectivity index (χ2n) is 6.70. The molecule has 0 atom stereocenters. The van der Waals surface area contributed by atoms with Crippen LogP contribution < -0.4 is 11.1 Å². The van der Waals surface area contributed by atoms with Crippen molar-refractivity contribution in [2.24, 2.45) is 5.41 Å². The topological polar surface area (TPSA) is 80.3 Å². The predicted molar refractivity (Wildman–Crippen MR) is 82.1 cm³/mol. The number of anilines is 1. The summed E-state index contributed by atoms with van der Waals surface area (Å²) in [5, 5.41) is 12.7. The minimum atomic E-state index is -0.129. The van der Waals surface area contributed by atoms with E-state index < -0.39 is 0 Å². The number of carbonyl (C=O) groups excluding carboxylic acids is 1. The monoisotopic (exact) mass is 291 g/mol. The molecule has 1 heterocycles. The third-order valence-corrected chi connectivity index (χ3v) is 4.92. The molecular weight excluding hydrogens is 266 g/mol. The Kier molecular flexibility index (Phi) is 3.93. The minimum absolute atomic E-state index is 0.0722. The number of nitrogens with zero attached hydrogens (tertiary/aromatic N) is 1. The Labute approximate surface area is 125 Å². The Morgan fingerprint density at radius 2 is 2.10 bits per heavy atom. The summed E-state index contributed by atoms with van der Waals surface area (Å²) in [5.41, 5.74) is 7.00. The number of aliphatic hydroxyl groups is 1. The van der Waals surface area contributed by atoms with Gasteiger partial charge in [-0.2, -0.15) is 0 Å². The molecule has 1 aromatic rings. The molecule has 3 rings (SSSR count). The van der Waals surface area contributed by atoms with Crippen molar-refractivity contribution in [3.63, 3.8) is 0 Å². The average Bonchev–Trinajstić information content (AvgIpc) is 3.28. The normalized spacial score (nSPS) is 21.2. The zero-order valence-corrected chi connectivity index (χ0v) is 12.5. The van der Waals surface area contributed by atoms with Gasteiger partial charge < -0.3 is 20.7 Å². The van der Waals surface area contributed by atoms with Crippen LogP contribution in [0.2, 0.25) is 0 Å². The molecule has 0 spiro atoms. The fourth-order valence-corrected chi connectivity index (χ4v) is 3.39. The van der Waals surface area contributed by atoms with Gasteiger partial charge in [-0.05, 0) is 31.7 Å². The second kappa shape index (κ2) is 5.72. The van der Waals surface area contributed by atoms with Gasteiger partial charge in [0.25, 0.3) is 5.91 Å². The van der Waals surface area contributed by atoms with Gasteiger partial charge >= 0.3 is 0 Å². The number of rotatable bonds is 5. The van der Waals surface area contributed by atoms with Crippen LogP contribution in [-0.4, -0.2) is 28.7 Å². The van der Waals surface area contributed by atoms with Crippen LogP contribution in [0.25, 0.3) is 0 Å². The van der Waals surface area contributed by atoms with Gasteiger partial charge in [-0.15, -0.1) is 0 Å². The Balaban J connectivity index is 1.66. The maximum absolute atomic E-state index is 12.4. The second-order valence-corrected chi connectivity index (χ2v) is 6.70. The van der Waals surface area contributed by atoms with Gasteiger partial charge in [-0.25, -0.2) is 0 Å². The molecule has 116 valence electrons. The molecular formula is C16H25N3O2. The molecule has 0 aromatic carbocycles. The SMILES string of the molecule is Nc1cc(C(=O)NCC2(CO)CCCCC2)n(C2CC2)c1. The summed E-state index contributed by atoms with van der Waals surface area (Å²) in [6.07, 6.45) is 9.60. The van der Waals surface area contributed by atoms with Crippen LogP contribution in [0.1, 0.15) is 61.5 Å². The maximum Gasteiger partial charge on any atom is 0.268 e.